The Morgan fingerprint density at radius 2 is 1.10 bits per heavy atom. The number of rotatable bonds is 4. The molecule has 3 aliphatic rings. The molecule has 4 nitrogen and oxygen atoms in total. The summed E-state index contributed by atoms with van der Waals surface area (Å²) in [6, 6.07) is 49.8. The average Bonchev–Trinajstić information content (AvgIpc) is 3.52. The number of nitrogens with zero attached hydrogens (tertiary/aromatic N) is 4. The zero-order chi connectivity index (χ0) is 34.9. The Morgan fingerprint density at radius 1 is 0.500 bits per heavy atom. The summed E-state index contributed by atoms with van der Waals surface area (Å²) < 4.78 is 0. The molecule has 5 aromatic carbocycles. The average molecular weight is 669 g/mol. The van der Waals surface area contributed by atoms with Crippen molar-refractivity contribution in [1.29, 1.82) is 0 Å². The molecule has 0 radical (unpaired) electrons. The van der Waals surface area contributed by atoms with E-state index in [0.717, 1.165) is 35.2 Å². The lowest BCUT2D eigenvalue weighted by molar-refractivity contribution is 0.561. The third kappa shape index (κ3) is 4.40. The molecule has 3 aliphatic carbocycles. The zero-order valence-electron chi connectivity index (χ0n) is 29.2. The second-order valence-corrected chi connectivity index (χ2v) is 14.5. The number of aromatic nitrogens is 4. The van der Waals surface area contributed by atoms with Gasteiger partial charge in [-0.05, 0) is 80.6 Å². The normalized spacial score (nSPS) is 15.9. The third-order valence-corrected chi connectivity index (χ3v) is 11.4. The van der Waals surface area contributed by atoms with E-state index in [1.807, 2.05) is 24.3 Å². The lowest BCUT2D eigenvalue weighted by Crippen LogP contribution is -2.41. The van der Waals surface area contributed by atoms with Crippen LogP contribution in [0.4, 0.5) is 0 Å². The van der Waals surface area contributed by atoms with Crippen LogP contribution in [0.25, 0.3) is 51.0 Å². The molecule has 0 unspecified atom stereocenters. The van der Waals surface area contributed by atoms with Gasteiger partial charge in [-0.15, -0.1) is 0 Å². The summed E-state index contributed by atoms with van der Waals surface area (Å²) in [6.45, 7) is 4.74. The Kier molecular flexibility index (Phi) is 6.84. The minimum Gasteiger partial charge on any atom is -0.253 e. The molecule has 248 valence electrons. The molecule has 10 rings (SSSR count). The lowest BCUT2D eigenvalue weighted by atomic mass is 9.55. The van der Waals surface area contributed by atoms with E-state index in [-0.39, 0.29) is 5.41 Å². The fraction of sp³-hybridized carbons (Fsp3) is 0.125. The molecule has 2 aromatic heterocycles. The Balaban J connectivity index is 1.23. The second kappa shape index (κ2) is 11.6. The van der Waals surface area contributed by atoms with E-state index in [1.165, 1.54) is 50.1 Å². The van der Waals surface area contributed by atoms with Crippen molar-refractivity contribution in [1.82, 2.24) is 19.9 Å². The van der Waals surface area contributed by atoms with Gasteiger partial charge in [0.15, 0.2) is 17.5 Å². The van der Waals surface area contributed by atoms with Gasteiger partial charge in [0.1, 0.15) is 5.69 Å². The monoisotopic (exact) mass is 668 g/mol. The summed E-state index contributed by atoms with van der Waals surface area (Å²) >= 11 is 0. The maximum absolute atomic E-state index is 5.27. The largest absolute Gasteiger partial charge is 0.253 e. The first-order valence-corrected chi connectivity index (χ1v) is 18.1. The van der Waals surface area contributed by atoms with Gasteiger partial charge >= 0.3 is 0 Å². The van der Waals surface area contributed by atoms with Gasteiger partial charge in [0.2, 0.25) is 0 Å². The minimum atomic E-state index is -0.451. The third-order valence-electron chi connectivity index (χ3n) is 11.4. The molecule has 0 amide bonds. The Hall–Kier alpha value is -6.26. The van der Waals surface area contributed by atoms with Crippen molar-refractivity contribution in [3.63, 3.8) is 0 Å². The molecule has 7 aromatic rings. The fourth-order valence-corrected chi connectivity index (χ4v) is 9.05. The van der Waals surface area contributed by atoms with E-state index in [1.54, 1.807) is 6.20 Å². The Morgan fingerprint density at radius 3 is 1.81 bits per heavy atom. The number of allylic oxidation sites excluding steroid dienone is 4. The van der Waals surface area contributed by atoms with Gasteiger partial charge < -0.3 is 0 Å². The van der Waals surface area contributed by atoms with Crippen LogP contribution in [0.15, 0.2) is 163 Å². The second-order valence-electron chi connectivity index (χ2n) is 14.5. The summed E-state index contributed by atoms with van der Waals surface area (Å²) in [5, 5.41) is 0. The summed E-state index contributed by atoms with van der Waals surface area (Å²) in [7, 11) is 0. The Labute approximate surface area is 304 Å². The van der Waals surface area contributed by atoms with Crippen molar-refractivity contribution in [2.75, 3.05) is 0 Å². The predicted molar refractivity (Wildman–Crippen MR) is 210 cm³/mol. The van der Waals surface area contributed by atoms with Crippen molar-refractivity contribution in [2.45, 2.75) is 37.5 Å². The van der Waals surface area contributed by atoms with Crippen LogP contribution in [0.2, 0.25) is 0 Å². The van der Waals surface area contributed by atoms with Gasteiger partial charge in [-0.3, -0.25) is 4.98 Å². The van der Waals surface area contributed by atoms with Gasteiger partial charge in [-0.2, -0.15) is 0 Å². The highest BCUT2D eigenvalue weighted by Crippen LogP contribution is 2.63. The maximum atomic E-state index is 5.27. The quantitative estimate of drug-likeness (QED) is 0.187. The highest BCUT2D eigenvalue weighted by Gasteiger charge is 2.54. The van der Waals surface area contributed by atoms with Crippen molar-refractivity contribution in [2.24, 2.45) is 0 Å². The molecule has 4 heteroatoms. The molecular weight excluding hydrogens is 633 g/mol. The van der Waals surface area contributed by atoms with Gasteiger partial charge in [-0.25, -0.2) is 15.0 Å². The van der Waals surface area contributed by atoms with E-state index in [4.69, 9.17) is 15.0 Å². The number of benzene rings is 5. The summed E-state index contributed by atoms with van der Waals surface area (Å²) in [6.07, 6.45) is 8.50. The van der Waals surface area contributed by atoms with Crippen LogP contribution in [0, 0.1) is 0 Å². The predicted octanol–water partition coefficient (Wildman–Crippen LogP) is 11.0. The molecule has 0 bridgehead atoms. The van der Waals surface area contributed by atoms with Crippen LogP contribution in [-0.4, -0.2) is 19.9 Å². The fourth-order valence-electron chi connectivity index (χ4n) is 9.05. The highest BCUT2D eigenvalue weighted by molar-refractivity contribution is 5.95. The van der Waals surface area contributed by atoms with Crippen molar-refractivity contribution >= 4 is 5.57 Å². The zero-order valence-corrected chi connectivity index (χ0v) is 29.2. The van der Waals surface area contributed by atoms with Crippen molar-refractivity contribution in [3.8, 4) is 45.4 Å². The van der Waals surface area contributed by atoms with Crippen LogP contribution in [0.1, 0.15) is 60.1 Å². The van der Waals surface area contributed by atoms with Gasteiger partial charge in [0.25, 0.3) is 0 Å². The molecule has 0 N–H and O–H groups in total. The van der Waals surface area contributed by atoms with Crippen LogP contribution in [0.3, 0.4) is 0 Å². The van der Waals surface area contributed by atoms with E-state index in [0.29, 0.717) is 17.5 Å². The van der Waals surface area contributed by atoms with Crippen molar-refractivity contribution < 1.29 is 0 Å². The first-order valence-electron chi connectivity index (χ1n) is 18.1. The molecule has 1 spiro atoms. The molecular formula is C48H36N4. The Bertz CT molecular complexity index is 2530. The van der Waals surface area contributed by atoms with E-state index in [2.05, 4.69) is 146 Å². The molecule has 0 saturated carbocycles. The lowest BCUT2D eigenvalue weighted by Gasteiger charge is -2.47. The maximum Gasteiger partial charge on any atom is 0.182 e. The number of fused-ring (bicyclic) bond motifs is 8. The van der Waals surface area contributed by atoms with E-state index < -0.39 is 5.41 Å². The van der Waals surface area contributed by atoms with Gasteiger partial charge in [0.05, 0.1) is 5.41 Å². The molecule has 52 heavy (non-hydrogen) atoms. The van der Waals surface area contributed by atoms with Crippen LogP contribution in [-0.2, 0) is 10.8 Å². The number of pyridine rings is 1. The highest BCUT2D eigenvalue weighted by atomic mass is 15.0. The topological polar surface area (TPSA) is 51.6 Å². The standard InChI is InChI=1S/C48H36N4/c1-47(2)37-20-8-10-22-39(37)48(40-23-11-9-21-38(40)47)36-19-7-6-17-34(36)43-35(18-14-24-41(43)48)45-50-44(51-46(52-45)42-25-12-13-30-49-42)33-28-26-32(27-29-33)31-15-4-3-5-16-31/h3-5,7-16,18-30H,6,17H2,1-2H3. The van der Waals surface area contributed by atoms with E-state index in [9.17, 15) is 0 Å². The summed E-state index contributed by atoms with van der Waals surface area (Å²) in [4.78, 5) is 20.2. The molecule has 2 heterocycles. The summed E-state index contributed by atoms with van der Waals surface area (Å²) in [5.41, 5.74) is 15.2. The van der Waals surface area contributed by atoms with Crippen LogP contribution >= 0.6 is 0 Å². The molecule has 0 fully saturated rings. The molecule has 0 aliphatic heterocycles. The first-order chi connectivity index (χ1) is 25.5. The van der Waals surface area contributed by atoms with Gasteiger partial charge in [-0.1, -0.05) is 153 Å². The van der Waals surface area contributed by atoms with Crippen LogP contribution in [0.5, 0.6) is 0 Å². The van der Waals surface area contributed by atoms with Crippen LogP contribution < -0.4 is 0 Å². The van der Waals surface area contributed by atoms with E-state index >= 15 is 0 Å². The number of hydrogen-bond donors (Lipinski definition) is 0. The summed E-state index contributed by atoms with van der Waals surface area (Å²) in [5.74, 6) is 1.85. The minimum absolute atomic E-state index is 0.144. The van der Waals surface area contributed by atoms with Crippen molar-refractivity contribution in [3.05, 3.63) is 197 Å². The molecule has 0 atom stereocenters. The number of hydrogen-bond acceptors (Lipinski definition) is 4. The first kappa shape index (κ1) is 30.6. The van der Waals surface area contributed by atoms with Gasteiger partial charge in [0, 0.05) is 22.7 Å². The smallest absolute Gasteiger partial charge is 0.182 e. The SMILES string of the molecule is CC1(C)c2ccccc2C2(C3=C(CCC=C3)c3c(-c4nc(-c5ccc(-c6ccccc6)cc5)nc(-c5ccccn5)n4)cccc32)c2ccccc21. The molecule has 0 saturated heterocycles.